The predicted molar refractivity (Wildman–Crippen MR) is 119 cm³/mol. The van der Waals surface area contributed by atoms with E-state index in [-0.39, 0.29) is 34.6 Å². The van der Waals surface area contributed by atoms with Gasteiger partial charge in [-0.25, -0.2) is 13.1 Å². The second-order valence-electron chi connectivity index (χ2n) is 8.53. The van der Waals surface area contributed by atoms with Gasteiger partial charge >= 0.3 is 0 Å². The summed E-state index contributed by atoms with van der Waals surface area (Å²) in [5, 5.41) is 8.74. The molecule has 0 spiro atoms. The Balaban J connectivity index is 1.67. The van der Waals surface area contributed by atoms with Crippen LogP contribution in [0, 0.1) is 0 Å². The Morgan fingerprint density at radius 1 is 1.27 bits per heavy atom. The van der Waals surface area contributed by atoms with Crippen molar-refractivity contribution < 1.29 is 13.2 Å². The van der Waals surface area contributed by atoms with Gasteiger partial charge in [0.15, 0.2) is 15.7 Å². The largest absolute Gasteiger partial charge is 0.338 e. The summed E-state index contributed by atoms with van der Waals surface area (Å²) in [4.78, 5) is 14.3. The van der Waals surface area contributed by atoms with Crippen LogP contribution in [0.1, 0.15) is 39.7 Å². The zero-order valence-corrected chi connectivity index (χ0v) is 19.5. The Kier molecular flexibility index (Phi) is 6.47. The lowest BCUT2D eigenvalue weighted by Gasteiger charge is -2.26. The van der Waals surface area contributed by atoms with Gasteiger partial charge in [-0.15, -0.1) is 10.2 Å². The van der Waals surface area contributed by atoms with Crippen molar-refractivity contribution in [3.8, 4) is 11.4 Å². The summed E-state index contributed by atoms with van der Waals surface area (Å²) in [6.45, 7) is 8.79. The van der Waals surface area contributed by atoms with Crippen LogP contribution in [0.2, 0.25) is 0 Å². The zero-order chi connectivity index (χ0) is 22.1. The second-order valence-corrected chi connectivity index (χ2v) is 11.7. The van der Waals surface area contributed by atoms with Crippen molar-refractivity contribution in [1.29, 1.82) is 0 Å². The van der Waals surface area contributed by atoms with E-state index in [0.29, 0.717) is 23.9 Å². The van der Waals surface area contributed by atoms with Crippen molar-refractivity contribution >= 4 is 27.5 Å². The number of carbonyl (C=O) groups excluding carboxylic acids is 1. The summed E-state index contributed by atoms with van der Waals surface area (Å²) in [5.41, 5.74) is 2.12. The standard InChI is InChI=1S/C20H29N5O3S2/c1-5-24(16-10-11-30(27,28)13-16)17(26)12-29-19-23-22-18(25(19)21)14-6-8-15(9-7-14)20(2,3)4/h6-9,16H,5,10-13,21H2,1-4H3. The highest BCUT2D eigenvalue weighted by Crippen LogP contribution is 2.27. The van der Waals surface area contributed by atoms with E-state index in [1.54, 1.807) is 4.90 Å². The summed E-state index contributed by atoms with van der Waals surface area (Å²) in [5.74, 6) is 6.89. The molecule has 1 aliphatic rings. The van der Waals surface area contributed by atoms with Gasteiger partial charge < -0.3 is 10.7 Å². The molecular formula is C20H29N5O3S2. The molecule has 2 aromatic rings. The molecule has 1 amide bonds. The highest BCUT2D eigenvalue weighted by Gasteiger charge is 2.34. The number of hydrogen-bond acceptors (Lipinski definition) is 7. The third-order valence-electron chi connectivity index (χ3n) is 5.31. The van der Waals surface area contributed by atoms with E-state index in [2.05, 4.69) is 43.1 Å². The molecule has 0 aliphatic carbocycles. The Morgan fingerprint density at radius 2 is 1.93 bits per heavy atom. The van der Waals surface area contributed by atoms with Gasteiger partial charge in [0.05, 0.1) is 17.3 Å². The van der Waals surface area contributed by atoms with Crippen LogP contribution in [0.4, 0.5) is 0 Å². The number of thioether (sulfide) groups is 1. The maximum Gasteiger partial charge on any atom is 0.233 e. The molecular weight excluding hydrogens is 422 g/mol. The molecule has 1 unspecified atom stereocenters. The number of amides is 1. The van der Waals surface area contributed by atoms with Crippen molar-refractivity contribution in [2.45, 2.75) is 50.7 Å². The number of nitrogen functional groups attached to an aromatic ring is 1. The highest BCUT2D eigenvalue weighted by atomic mass is 32.2. The summed E-state index contributed by atoms with van der Waals surface area (Å²) >= 11 is 1.20. The normalized spacial score (nSPS) is 18.5. The number of nitrogens with two attached hydrogens (primary N) is 1. The highest BCUT2D eigenvalue weighted by molar-refractivity contribution is 7.99. The van der Waals surface area contributed by atoms with Gasteiger partial charge in [-0.1, -0.05) is 56.8 Å². The van der Waals surface area contributed by atoms with Gasteiger partial charge in [-0.3, -0.25) is 4.79 Å². The lowest BCUT2D eigenvalue weighted by Crippen LogP contribution is -2.42. The van der Waals surface area contributed by atoms with Crippen LogP contribution in [0.25, 0.3) is 11.4 Å². The van der Waals surface area contributed by atoms with Crippen molar-refractivity contribution in [3.63, 3.8) is 0 Å². The molecule has 2 N–H and O–H groups in total. The number of hydrogen-bond donors (Lipinski definition) is 1. The third kappa shape index (κ3) is 4.97. The predicted octanol–water partition coefficient (Wildman–Crippen LogP) is 2.08. The summed E-state index contributed by atoms with van der Waals surface area (Å²) < 4.78 is 24.9. The Hall–Kier alpha value is -2.07. The molecule has 30 heavy (non-hydrogen) atoms. The fourth-order valence-corrected chi connectivity index (χ4v) is 6.03. The number of carbonyl (C=O) groups is 1. The second kappa shape index (κ2) is 8.58. The molecule has 1 atom stereocenters. The lowest BCUT2D eigenvalue weighted by molar-refractivity contribution is -0.129. The topological polar surface area (TPSA) is 111 Å². The summed E-state index contributed by atoms with van der Waals surface area (Å²) in [6.07, 6.45) is 0.494. The lowest BCUT2D eigenvalue weighted by atomic mass is 9.87. The molecule has 3 rings (SSSR count). The van der Waals surface area contributed by atoms with E-state index in [4.69, 9.17) is 5.84 Å². The van der Waals surface area contributed by atoms with Crippen LogP contribution in [0.3, 0.4) is 0 Å². The van der Waals surface area contributed by atoms with Gasteiger partial charge in [0.25, 0.3) is 0 Å². The van der Waals surface area contributed by atoms with Crippen molar-refractivity contribution in [2.75, 3.05) is 29.6 Å². The van der Waals surface area contributed by atoms with Gasteiger partial charge in [0, 0.05) is 18.2 Å². The van der Waals surface area contributed by atoms with Crippen LogP contribution >= 0.6 is 11.8 Å². The first-order chi connectivity index (χ1) is 14.0. The minimum Gasteiger partial charge on any atom is -0.338 e. The maximum atomic E-state index is 12.7. The van der Waals surface area contributed by atoms with E-state index in [1.807, 2.05) is 19.1 Å². The molecule has 0 radical (unpaired) electrons. The Bertz CT molecular complexity index is 1010. The Morgan fingerprint density at radius 3 is 2.47 bits per heavy atom. The molecule has 10 heteroatoms. The number of nitrogens with zero attached hydrogens (tertiary/aromatic N) is 4. The minimum absolute atomic E-state index is 0.0407. The molecule has 1 aliphatic heterocycles. The van der Waals surface area contributed by atoms with Gasteiger partial charge in [0.2, 0.25) is 11.1 Å². The number of aromatic nitrogens is 3. The first-order valence-corrected chi connectivity index (χ1v) is 12.8. The van der Waals surface area contributed by atoms with Crippen LogP contribution < -0.4 is 5.84 Å². The molecule has 1 aromatic heterocycles. The molecule has 0 bridgehead atoms. The van der Waals surface area contributed by atoms with Crippen molar-refractivity contribution in [2.24, 2.45) is 0 Å². The third-order valence-corrected chi connectivity index (χ3v) is 7.99. The van der Waals surface area contributed by atoms with Gasteiger partial charge in [-0.05, 0) is 24.3 Å². The van der Waals surface area contributed by atoms with Crippen LogP contribution in [-0.4, -0.2) is 63.9 Å². The average Bonchev–Trinajstić information content (AvgIpc) is 3.22. The number of benzene rings is 1. The Labute approximate surface area is 182 Å². The van der Waals surface area contributed by atoms with E-state index in [1.165, 1.54) is 22.0 Å². The maximum absolute atomic E-state index is 12.7. The van der Waals surface area contributed by atoms with Gasteiger partial charge in [-0.2, -0.15) is 0 Å². The smallest absolute Gasteiger partial charge is 0.233 e. The van der Waals surface area contributed by atoms with Crippen LogP contribution in [0.15, 0.2) is 29.4 Å². The molecule has 1 aromatic carbocycles. The average molecular weight is 452 g/mol. The molecule has 0 saturated carbocycles. The number of sulfone groups is 1. The quantitative estimate of drug-likeness (QED) is 0.529. The van der Waals surface area contributed by atoms with Crippen molar-refractivity contribution in [1.82, 2.24) is 19.8 Å². The van der Waals surface area contributed by atoms with E-state index >= 15 is 0 Å². The van der Waals surface area contributed by atoms with E-state index < -0.39 is 9.84 Å². The summed E-state index contributed by atoms with van der Waals surface area (Å²) in [6, 6.07) is 7.78. The summed E-state index contributed by atoms with van der Waals surface area (Å²) in [7, 11) is -3.04. The van der Waals surface area contributed by atoms with Crippen LogP contribution in [-0.2, 0) is 20.0 Å². The monoisotopic (exact) mass is 451 g/mol. The van der Waals surface area contributed by atoms with Crippen molar-refractivity contribution in [3.05, 3.63) is 29.8 Å². The van der Waals surface area contributed by atoms with E-state index in [9.17, 15) is 13.2 Å². The zero-order valence-electron chi connectivity index (χ0n) is 17.8. The van der Waals surface area contributed by atoms with Crippen LogP contribution in [0.5, 0.6) is 0 Å². The number of rotatable bonds is 6. The first kappa shape index (κ1) is 22.6. The molecule has 1 fully saturated rings. The minimum atomic E-state index is -3.04. The van der Waals surface area contributed by atoms with E-state index in [0.717, 1.165) is 5.56 Å². The van der Waals surface area contributed by atoms with Gasteiger partial charge in [0.1, 0.15) is 0 Å². The molecule has 2 heterocycles. The molecule has 164 valence electrons. The fourth-order valence-electron chi connectivity index (χ4n) is 3.56. The fraction of sp³-hybridized carbons (Fsp3) is 0.550. The molecule has 1 saturated heterocycles. The molecule has 8 nitrogen and oxygen atoms in total. The first-order valence-electron chi connectivity index (χ1n) is 9.96. The SMILES string of the molecule is CCN(C(=O)CSc1nnc(-c2ccc(C(C)(C)C)cc2)n1N)C1CCS(=O)(=O)C1.